The summed E-state index contributed by atoms with van der Waals surface area (Å²) < 4.78 is 2.07. The lowest BCUT2D eigenvalue weighted by atomic mass is 9.95. The Balaban J connectivity index is 1.50. The van der Waals surface area contributed by atoms with E-state index in [4.69, 9.17) is 10.1 Å². The summed E-state index contributed by atoms with van der Waals surface area (Å²) in [5, 5.41) is 10.0. The minimum absolute atomic E-state index is 0.511. The second kappa shape index (κ2) is 8.79. The van der Waals surface area contributed by atoms with E-state index in [0.29, 0.717) is 6.04 Å². The molecule has 2 aromatic heterocycles. The Bertz CT molecular complexity index is 1040. The van der Waals surface area contributed by atoms with Crippen LogP contribution in [0.15, 0.2) is 18.2 Å². The van der Waals surface area contributed by atoms with Gasteiger partial charge in [0.1, 0.15) is 5.69 Å². The molecule has 0 bridgehead atoms. The van der Waals surface area contributed by atoms with Gasteiger partial charge in [0, 0.05) is 37.8 Å². The maximum Gasteiger partial charge on any atom is 0.216 e. The second-order valence-corrected chi connectivity index (χ2v) is 10.0. The first-order valence-corrected chi connectivity index (χ1v) is 12.6. The van der Waals surface area contributed by atoms with E-state index in [1.807, 2.05) is 0 Å². The Labute approximate surface area is 189 Å². The summed E-state index contributed by atoms with van der Waals surface area (Å²) in [6.07, 6.45) is 6.44. The summed E-state index contributed by atoms with van der Waals surface area (Å²) in [6, 6.07) is 7.18. The molecule has 7 heteroatoms. The lowest BCUT2D eigenvalue weighted by molar-refractivity contribution is 0.271. The predicted molar refractivity (Wildman–Crippen MR) is 131 cm³/mol. The first kappa shape index (κ1) is 20.8. The van der Waals surface area contributed by atoms with Gasteiger partial charge in [-0.15, -0.1) is 5.10 Å². The molecule has 0 atom stereocenters. The largest absolute Gasteiger partial charge is 0.365 e. The van der Waals surface area contributed by atoms with Gasteiger partial charge in [0.2, 0.25) is 10.1 Å². The highest BCUT2D eigenvalue weighted by Gasteiger charge is 2.25. The third kappa shape index (κ3) is 4.17. The number of fused-ring (bicyclic) bond motifs is 1. The maximum absolute atomic E-state index is 5.09. The molecule has 1 saturated carbocycles. The summed E-state index contributed by atoms with van der Waals surface area (Å²) in [5.41, 5.74) is 4.84. The molecule has 1 aromatic carbocycles. The summed E-state index contributed by atoms with van der Waals surface area (Å²) in [7, 11) is 0. The molecule has 1 N–H and O–H groups in total. The molecule has 1 aliphatic carbocycles. The van der Waals surface area contributed by atoms with Crippen molar-refractivity contribution in [2.45, 2.75) is 58.9 Å². The zero-order chi connectivity index (χ0) is 21.4. The molecule has 0 amide bonds. The van der Waals surface area contributed by atoms with Crippen molar-refractivity contribution in [3.05, 3.63) is 29.3 Å². The van der Waals surface area contributed by atoms with Crippen LogP contribution in [0.4, 0.5) is 10.9 Å². The number of imidazole rings is 1. The Morgan fingerprint density at radius 1 is 1.03 bits per heavy atom. The number of piperazine rings is 1. The van der Waals surface area contributed by atoms with Gasteiger partial charge in [0.25, 0.3) is 0 Å². The van der Waals surface area contributed by atoms with Crippen LogP contribution >= 0.6 is 11.3 Å². The van der Waals surface area contributed by atoms with Gasteiger partial charge in [-0.2, -0.15) is 4.52 Å². The first-order valence-electron chi connectivity index (χ1n) is 11.8. The van der Waals surface area contributed by atoms with Crippen LogP contribution in [0.3, 0.4) is 0 Å². The summed E-state index contributed by atoms with van der Waals surface area (Å²) in [6.45, 7) is 12.0. The van der Waals surface area contributed by atoms with E-state index in [0.717, 1.165) is 54.3 Å². The smallest absolute Gasteiger partial charge is 0.216 e. The molecule has 1 saturated heterocycles. The Hall–Kier alpha value is -2.12. The van der Waals surface area contributed by atoms with Crippen LogP contribution < -0.4 is 10.2 Å². The number of nitrogens with one attached hydrogen (secondary N) is 1. The molecule has 0 radical (unpaired) electrons. The first-order chi connectivity index (χ1) is 15.1. The van der Waals surface area contributed by atoms with Crippen molar-refractivity contribution in [2.75, 3.05) is 42.9 Å². The van der Waals surface area contributed by atoms with Crippen molar-refractivity contribution >= 4 is 27.2 Å². The van der Waals surface area contributed by atoms with Crippen LogP contribution in [0, 0.1) is 13.8 Å². The van der Waals surface area contributed by atoms with Crippen molar-refractivity contribution in [3.8, 4) is 11.3 Å². The molecule has 2 aliphatic rings. The highest BCUT2D eigenvalue weighted by Crippen LogP contribution is 2.35. The Kier molecular flexibility index (Phi) is 5.89. The van der Waals surface area contributed by atoms with E-state index < -0.39 is 0 Å². The predicted octanol–water partition coefficient (Wildman–Crippen LogP) is 4.96. The van der Waals surface area contributed by atoms with E-state index >= 15 is 0 Å². The molecule has 5 rings (SSSR count). The van der Waals surface area contributed by atoms with Crippen molar-refractivity contribution in [3.63, 3.8) is 0 Å². The molecule has 166 valence electrons. The van der Waals surface area contributed by atoms with Crippen LogP contribution in [-0.4, -0.2) is 58.3 Å². The van der Waals surface area contributed by atoms with Crippen molar-refractivity contribution in [1.29, 1.82) is 0 Å². The van der Waals surface area contributed by atoms with E-state index in [1.54, 1.807) is 11.3 Å². The van der Waals surface area contributed by atoms with E-state index in [1.165, 1.54) is 48.8 Å². The number of anilines is 2. The van der Waals surface area contributed by atoms with E-state index in [2.05, 4.69) is 58.6 Å². The van der Waals surface area contributed by atoms with Gasteiger partial charge in [0.15, 0.2) is 5.82 Å². The fourth-order valence-electron chi connectivity index (χ4n) is 4.78. The average molecular weight is 439 g/mol. The number of aromatic nitrogens is 3. The summed E-state index contributed by atoms with van der Waals surface area (Å²) in [4.78, 5) is 11.0. The molecule has 3 aromatic rings. The van der Waals surface area contributed by atoms with Crippen molar-refractivity contribution < 1.29 is 0 Å². The van der Waals surface area contributed by atoms with Gasteiger partial charge in [-0.25, -0.2) is 4.98 Å². The van der Waals surface area contributed by atoms with Gasteiger partial charge in [-0.1, -0.05) is 49.7 Å². The van der Waals surface area contributed by atoms with Gasteiger partial charge in [-0.3, -0.25) is 0 Å². The fourth-order valence-corrected chi connectivity index (χ4v) is 5.73. The quantitative estimate of drug-likeness (QED) is 0.610. The zero-order valence-corrected chi connectivity index (χ0v) is 19.8. The number of rotatable bonds is 5. The van der Waals surface area contributed by atoms with Crippen LogP contribution in [-0.2, 0) is 0 Å². The van der Waals surface area contributed by atoms with Crippen LogP contribution in [0.1, 0.15) is 50.2 Å². The number of likely N-dealkylation sites (N-methyl/N-ethyl adjacent to an activating group) is 1. The number of benzene rings is 1. The van der Waals surface area contributed by atoms with E-state index in [-0.39, 0.29) is 0 Å². The third-order valence-corrected chi connectivity index (χ3v) is 7.98. The van der Waals surface area contributed by atoms with Crippen LogP contribution in [0.25, 0.3) is 16.2 Å². The standard InChI is InChI=1S/C24H34N6S/c1-4-28-12-14-29(15-13-28)24-27-30-22(25-20-8-6-5-7-9-20)21(26-23(30)31-24)19-11-10-17(2)18(3)16-19/h10-11,16,20,25H,4-9,12-15H2,1-3H3. The zero-order valence-electron chi connectivity index (χ0n) is 19.0. The minimum atomic E-state index is 0.511. The molecular formula is C24H34N6S. The normalized spacial score (nSPS) is 18.7. The van der Waals surface area contributed by atoms with Crippen LogP contribution in [0.5, 0.6) is 0 Å². The molecule has 0 spiro atoms. The number of hydrogen-bond donors (Lipinski definition) is 1. The number of nitrogens with zero attached hydrogens (tertiary/aromatic N) is 5. The van der Waals surface area contributed by atoms with Crippen LogP contribution in [0.2, 0.25) is 0 Å². The lowest BCUT2D eigenvalue weighted by Gasteiger charge is -2.33. The molecule has 0 unspecified atom stereocenters. The molecule has 6 nitrogen and oxygen atoms in total. The topological polar surface area (TPSA) is 48.7 Å². The highest BCUT2D eigenvalue weighted by molar-refractivity contribution is 7.20. The van der Waals surface area contributed by atoms with Gasteiger partial charge < -0.3 is 15.1 Å². The fraction of sp³-hybridized carbons (Fsp3) is 0.583. The summed E-state index contributed by atoms with van der Waals surface area (Å²) >= 11 is 1.72. The maximum atomic E-state index is 5.09. The third-order valence-electron chi connectivity index (χ3n) is 7.01. The molecule has 3 heterocycles. The second-order valence-electron chi connectivity index (χ2n) is 9.09. The SMILES string of the molecule is CCN1CCN(c2nn3c(NC4CCCCC4)c(-c4ccc(C)c(C)c4)nc3s2)CC1. The number of hydrogen-bond acceptors (Lipinski definition) is 6. The van der Waals surface area contributed by atoms with Crippen molar-refractivity contribution in [2.24, 2.45) is 0 Å². The molecular weight excluding hydrogens is 404 g/mol. The Morgan fingerprint density at radius 2 is 1.81 bits per heavy atom. The van der Waals surface area contributed by atoms with Gasteiger partial charge >= 0.3 is 0 Å². The van der Waals surface area contributed by atoms with Gasteiger partial charge in [0.05, 0.1) is 0 Å². The molecule has 31 heavy (non-hydrogen) atoms. The lowest BCUT2D eigenvalue weighted by Crippen LogP contribution is -2.46. The van der Waals surface area contributed by atoms with Gasteiger partial charge in [-0.05, 0) is 50.4 Å². The van der Waals surface area contributed by atoms with Crippen molar-refractivity contribution in [1.82, 2.24) is 19.5 Å². The minimum Gasteiger partial charge on any atom is -0.365 e. The molecule has 1 aliphatic heterocycles. The molecule has 2 fully saturated rings. The average Bonchev–Trinajstić information content (AvgIpc) is 3.36. The number of aryl methyl sites for hydroxylation is 2. The monoisotopic (exact) mass is 438 g/mol. The highest BCUT2D eigenvalue weighted by atomic mass is 32.1. The van der Waals surface area contributed by atoms with E-state index in [9.17, 15) is 0 Å². The Morgan fingerprint density at radius 3 is 2.52 bits per heavy atom. The summed E-state index contributed by atoms with van der Waals surface area (Å²) in [5.74, 6) is 1.07.